The van der Waals surface area contributed by atoms with Crippen molar-refractivity contribution < 1.29 is 0 Å². The SMILES string of the molecule is Cc1ncc2nc(C)sc2n1. The Morgan fingerprint density at radius 3 is 2.91 bits per heavy atom. The molecular formula is C7H7N3S. The Morgan fingerprint density at radius 1 is 1.27 bits per heavy atom. The van der Waals surface area contributed by atoms with E-state index in [-0.39, 0.29) is 0 Å². The molecular weight excluding hydrogens is 158 g/mol. The van der Waals surface area contributed by atoms with E-state index in [1.54, 1.807) is 17.5 Å². The van der Waals surface area contributed by atoms with Gasteiger partial charge in [0, 0.05) is 0 Å². The summed E-state index contributed by atoms with van der Waals surface area (Å²) in [6.45, 7) is 3.86. The van der Waals surface area contributed by atoms with Crippen molar-refractivity contribution in [3.05, 3.63) is 17.0 Å². The number of thiazole rings is 1. The van der Waals surface area contributed by atoms with Crippen LogP contribution in [0.5, 0.6) is 0 Å². The van der Waals surface area contributed by atoms with Crippen molar-refractivity contribution in [2.75, 3.05) is 0 Å². The van der Waals surface area contributed by atoms with E-state index in [0.717, 1.165) is 21.2 Å². The molecule has 0 spiro atoms. The van der Waals surface area contributed by atoms with Crippen LogP contribution in [0.25, 0.3) is 10.3 Å². The fourth-order valence-corrected chi connectivity index (χ4v) is 1.73. The van der Waals surface area contributed by atoms with Gasteiger partial charge in [-0.2, -0.15) is 0 Å². The molecule has 0 radical (unpaired) electrons. The summed E-state index contributed by atoms with van der Waals surface area (Å²) in [6, 6.07) is 0. The maximum atomic E-state index is 4.25. The van der Waals surface area contributed by atoms with Crippen molar-refractivity contribution in [1.29, 1.82) is 0 Å². The molecule has 0 aliphatic heterocycles. The van der Waals surface area contributed by atoms with E-state index in [9.17, 15) is 0 Å². The smallest absolute Gasteiger partial charge is 0.147 e. The fraction of sp³-hybridized carbons (Fsp3) is 0.286. The van der Waals surface area contributed by atoms with Crippen molar-refractivity contribution in [3.63, 3.8) is 0 Å². The lowest BCUT2D eigenvalue weighted by Gasteiger charge is -1.87. The first-order chi connectivity index (χ1) is 5.25. The van der Waals surface area contributed by atoms with Gasteiger partial charge in [-0.3, -0.25) is 0 Å². The Labute approximate surface area is 68.1 Å². The lowest BCUT2D eigenvalue weighted by Crippen LogP contribution is -1.84. The maximum Gasteiger partial charge on any atom is 0.147 e. The summed E-state index contributed by atoms with van der Waals surface area (Å²) in [6.07, 6.45) is 1.77. The van der Waals surface area contributed by atoms with E-state index in [1.165, 1.54) is 0 Å². The number of fused-ring (bicyclic) bond motifs is 1. The quantitative estimate of drug-likeness (QED) is 0.596. The number of nitrogens with zero attached hydrogens (tertiary/aromatic N) is 3. The van der Waals surface area contributed by atoms with Gasteiger partial charge in [0.05, 0.1) is 11.2 Å². The van der Waals surface area contributed by atoms with Crippen LogP contribution in [0, 0.1) is 13.8 Å². The van der Waals surface area contributed by atoms with Crippen molar-refractivity contribution in [3.8, 4) is 0 Å². The van der Waals surface area contributed by atoms with Gasteiger partial charge in [-0.15, -0.1) is 0 Å². The van der Waals surface area contributed by atoms with Gasteiger partial charge in [0.1, 0.15) is 16.2 Å². The van der Waals surface area contributed by atoms with Crippen LogP contribution in [0.4, 0.5) is 0 Å². The zero-order chi connectivity index (χ0) is 7.84. The zero-order valence-corrected chi connectivity index (χ0v) is 7.14. The number of hydrogen-bond donors (Lipinski definition) is 0. The van der Waals surface area contributed by atoms with Crippen LogP contribution >= 0.6 is 11.3 Å². The predicted octanol–water partition coefficient (Wildman–Crippen LogP) is 1.70. The highest BCUT2D eigenvalue weighted by Gasteiger charge is 2.00. The van der Waals surface area contributed by atoms with Crippen LogP contribution in [-0.4, -0.2) is 15.0 Å². The molecule has 0 amide bonds. The minimum atomic E-state index is 0.807. The average molecular weight is 165 g/mol. The van der Waals surface area contributed by atoms with Gasteiger partial charge in [0.15, 0.2) is 0 Å². The van der Waals surface area contributed by atoms with E-state index in [2.05, 4.69) is 15.0 Å². The van der Waals surface area contributed by atoms with Crippen LogP contribution < -0.4 is 0 Å². The molecule has 0 saturated carbocycles. The molecule has 0 saturated heterocycles. The third-order valence-electron chi connectivity index (χ3n) is 1.38. The molecule has 0 aromatic carbocycles. The summed E-state index contributed by atoms with van der Waals surface area (Å²) >= 11 is 1.60. The largest absolute Gasteiger partial charge is 0.239 e. The zero-order valence-electron chi connectivity index (χ0n) is 6.33. The van der Waals surface area contributed by atoms with Crippen LogP contribution in [0.2, 0.25) is 0 Å². The average Bonchev–Trinajstić information content (AvgIpc) is 2.27. The van der Waals surface area contributed by atoms with E-state index < -0.39 is 0 Å². The highest BCUT2D eigenvalue weighted by Crippen LogP contribution is 2.17. The molecule has 2 aromatic rings. The molecule has 0 N–H and O–H groups in total. The normalized spacial score (nSPS) is 10.7. The van der Waals surface area contributed by atoms with Gasteiger partial charge in [0.25, 0.3) is 0 Å². The summed E-state index contributed by atoms with van der Waals surface area (Å²) < 4.78 is 0. The van der Waals surface area contributed by atoms with Crippen LogP contribution in [0.1, 0.15) is 10.8 Å². The highest BCUT2D eigenvalue weighted by molar-refractivity contribution is 7.18. The fourth-order valence-electron chi connectivity index (χ4n) is 0.927. The molecule has 11 heavy (non-hydrogen) atoms. The second kappa shape index (κ2) is 2.23. The number of aromatic nitrogens is 3. The van der Waals surface area contributed by atoms with E-state index >= 15 is 0 Å². The second-order valence-corrected chi connectivity index (χ2v) is 3.52. The Hall–Kier alpha value is -1.03. The summed E-state index contributed by atoms with van der Waals surface area (Å²) in [5.74, 6) is 0.807. The Balaban J connectivity index is 2.82. The maximum absolute atomic E-state index is 4.25. The Bertz CT molecular complexity index is 393. The minimum absolute atomic E-state index is 0.807. The van der Waals surface area contributed by atoms with Crippen molar-refractivity contribution >= 4 is 21.7 Å². The monoisotopic (exact) mass is 165 g/mol. The van der Waals surface area contributed by atoms with Crippen LogP contribution in [-0.2, 0) is 0 Å². The molecule has 2 rings (SSSR count). The molecule has 2 aromatic heterocycles. The molecule has 0 bridgehead atoms. The van der Waals surface area contributed by atoms with Gasteiger partial charge in [0.2, 0.25) is 0 Å². The predicted molar refractivity (Wildman–Crippen MR) is 44.7 cm³/mol. The third-order valence-corrected chi connectivity index (χ3v) is 2.26. The van der Waals surface area contributed by atoms with E-state index in [1.807, 2.05) is 13.8 Å². The number of hydrogen-bond acceptors (Lipinski definition) is 4. The molecule has 2 heterocycles. The summed E-state index contributed by atoms with van der Waals surface area (Å²) in [4.78, 5) is 13.5. The lowest BCUT2D eigenvalue weighted by molar-refractivity contribution is 1.09. The van der Waals surface area contributed by atoms with E-state index in [4.69, 9.17) is 0 Å². The van der Waals surface area contributed by atoms with Crippen molar-refractivity contribution in [1.82, 2.24) is 15.0 Å². The van der Waals surface area contributed by atoms with Gasteiger partial charge in [-0.1, -0.05) is 11.3 Å². The first-order valence-corrected chi connectivity index (χ1v) is 4.14. The Kier molecular flexibility index (Phi) is 1.35. The number of rotatable bonds is 0. The molecule has 4 heteroatoms. The van der Waals surface area contributed by atoms with E-state index in [0.29, 0.717) is 0 Å². The van der Waals surface area contributed by atoms with Gasteiger partial charge >= 0.3 is 0 Å². The summed E-state index contributed by atoms with van der Waals surface area (Å²) in [5, 5.41) is 1.04. The number of aryl methyl sites for hydroxylation is 2. The van der Waals surface area contributed by atoms with Crippen molar-refractivity contribution in [2.24, 2.45) is 0 Å². The summed E-state index contributed by atoms with van der Waals surface area (Å²) in [7, 11) is 0. The molecule has 3 nitrogen and oxygen atoms in total. The van der Waals surface area contributed by atoms with Crippen LogP contribution in [0.3, 0.4) is 0 Å². The topological polar surface area (TPSA) is 38.7 Å². The highest BCUT2D eigenvalue weighted by atomic mass is 32.1. The van der Waals surface area contributed by atoms with Crippen LogP contribution in [0.15, 0.2) is 6.20 Å². The molecule has 0 unspecified atom stereocenters. The second-order valence-electron chi connectivity index (χ2n) is 2.34. The summed E-state index contributed by atoms with van der Waals surface area (Å²) in [5.41, 5.74) is 0.901. The van der Waals surface area contributed by atoms with Crippen molar-refractivity contribution in [2.45, 2.75) is 13.8 Å². The van der Waals surface area contributed by atoms with Gasteiger partial charge < -0.3 is 0 Å². The lowest BCUT2D eigenvalue weighted by atomic mass is 10.5. The first-order valence-electron chi connectivity index (χ1n) is 3.32. The molecule has 0 fully saturated rings. The molecule has 56 valence electrons. The third kappa shape index (κ3) is 1.09. The standard InChI is InChI=1S/C7H7N3S/c1-4-8-3-6-7(9-4)11-5(2)10-6/h3H,1-2H3. The molecule has 0 aliphatic rings. The van der Waals surface area contributed by atoms with Gasteiger partial charge in [-0.05, 0) is 13.8 Å². The van der Waals surface area contributed by atoms with Gasteiger partial charge in [-0.25, -0.2) is 15.0 Å². The minimum Gasteiger partial charge on any atom is -0.239 e. The molecule has 0 aliphatic carbocycles. The Morgan fingerprint density at radius 2 is 2.09 bits per heavy atom. The first kappa shape index (κ1) is 6.67. The molecule has 0 atom stereocenters.